The number of hydrogen-bond acceptors (Lipinski definition) is 5. The number of methoxy groups -OCH3 is 2. The molecule has 1 aromatic heterocycles. The molecule has 6 nitrogen and oxygen atoms in total. The molecule has 0 N–H and O–H groups in total. The molecule has 1 heterocycles. The largest absolute Gasteiger partial charge is 0.496 e. The lowest BCUT2D eigenvalue weighted by Crippen LogP contribution is -2.32. The highest BCUT2D eigenvalue weighted by Crippen LogP contribution is 2.50. The Labute approximate surface area is 194 Å². The standard InChI is InChI=1S/C27H29N3O3/c1-16(2)17-10-12-18(13-11-17)30-26-19(15-28)27(3,4)14-20(31)23(26)25(29-30)24-21(32-5)8-7-9-22(24)33-6/h7-13,16,19H,14H2,1-6H3. The molecule has 1 aliphatic carbocycles. The number of aromatic nitrogens is 2. The van der Waals surface area contributed by atoms with Crippen LogP contribution >= 0.6 is 0 Å². The fraction of sp³-hybridized carbons (Fsp3) is 0.370. The van der Waals surface area contributed by atoms with E-state index < -0.39 is 11.3 Å². The molecule has 0 amide bonds. The van der Waals surface area contributed by atoms with E-state index in [1.165, 1.54) is 5.56 Å². The Morgan fingerprint density at radius 1 is 1.06 bits per heavy atom. The summed E-state index contributed by atoms with van der Waals surface area (Å²) in [5, 5.41) is 15.1. The van der Waals surface area contributed by atoms with Gasteiger partial charge in [-0.05, 0) is 41.2 Å². The summed E-state index contributed by atoms with van der Waals surface area (Å²) >= 11 is 0. The van der Waals surface area contributed by atoms with Crippen molar-refractivity contribution in [2.75, 3.05) is 14.2 Å². The third kappa shape index (κ3) is 3.68. The van der Waals surface area contributed by atoms with E-state index in [1.807, 2.05) is 44.2 Å². The van der Waals surface area contributed by atoms with Crippen LogP contribution in [0.4, 0.5) is 0 Å². The van der Waals surface area contributed by atoms with Gasteiger partial charge in [0.05, 0.1) is 48.7 Å². The first-order valence-electron chi connectivity index (χ1n) is 11.1. The van der Waals surface area contributed by atoms with E-state index in [0.717, 1.165) is 5.69 Å². The molecule has 1 unspecified atom stereocenters. The van der Waals surface area contributed by atoms with Crippen LogP contribution in [0.25, 0.3) is 16.9 Å². The van der Waals surface area contributed by atoms with E-state index in [9.17, 15) is 10.1 Å². The third-order valence-electron chi connectivity index (χ3n) is 6.47. The molecule has 0 saturated heterocycles. The van der Waals surface area contributed by atoms with Crippen LogP contribution in [0.15, 0.2) is 42.5 Å². The van der Waals surface area contributed by atoms with Gasteiger partial charge in [0.25, 0.3) is 0 Å². The summed E-state index contributed by atoms with van der Waals surface area (Å²) < 4.78 is 13.0. The summed E-state index contributed by atoms with van der Waals surface area (Å²) in [6.07, 6.45) is 0.265. The predicted molar refractivity (Wildman–Crippen MR) is 127 cm³/mol. The molecule has 1 atom stereocenters. The van der Waals surface area contributed by atoms with Crippen molar-refractivity contribution in [3.8, 4) is 34.5 Å². The number of rotatable bonds is 5. The average molecular weight is 444 g/mol. The Kier molecular flexibility index (Phi) is 5.75. The first-order chi connectivity index (χ1) is 15.7. The SMILES string of the molecule is COc1cccc(OC)c1-c1nn(-c2ccc(C(C)C)cc2)c2c1C(=O)CC(C)(C)C2C#N. The van der Waals surface area contributed by atoms with Gasteiger partial charge in [0.1, 0.15) is 17.2 Å². The smallest absolute Gasteiger partial charge is 0.167 e. The molecule has 1 aliphatic rings. The van der Waals surface area contributed by atoms with E-state index in [-0.39, 0.29) is 12.2 Å². The van der Waals surface area contributed by atoms with E-state index in [1.54, 1.807) is 18.9 Å². The minimum atomic E-state index is -0.517. The summed E-state index contributed by atoms with van der Waals surface area (Å²) in [7, 11) is 3.16. The van der Waals surface area contributed by atoms with E-state index in [2.05, 4.69) is 32.0 Å². The predicted octanol–water partition coefficient (Wildman–Crippen LogP) is 5.90. The van der Waals surface area contributed by atoms with E-state index >= 15 is 0 Å². The molecule has 170 valence electrons. The van der Waals surface area contributed by atoms with Gasteiger partial charge >= 0.3 is 0 Å². The lowest BCUT2D eigenvalue weighted by molar-refractivity contribution is 0.0900. The highest BCUT2D eigenvalue weighted by Gasteiger charge is 2.45. The fourth-order valence-electron chi connectivity index (χ4n) is 4.64. The van der Waals surface area contributed by atoms with Crippen LogP contribution in [0.5, 0.6) is 11.5 Å². The summed E-state index contributed by atoms with van der Waals surface area (Å²) in [6.45, 7) is 8.21. The fourth-order valence-corrected chi connectivity index (χ4v) is 4.64. The summed E-state index contributed by atoms with van der Waals surface area (Å²) in [5.41, 5.74) is 3.68. The van der Waals surface area contributed by atoms with Crippen molar-refractivity contribution in [1.82, 2.24) is 9.78 Å². The van der Waals surface area contributed by atoms with Crippen molar-refractivity contribution in [3.63, 3.8) is 0 Å². The van der Waals surface area contributed by atoms with Gasteiger partial charge in [-0.25, -0.2) is 4.68 Å². The highest BCUT2D eigenvalue weighted by molar-refractivity contribution is 6.05. The molecule has 0 aliphatic heterocycles. The third-order valence-corrected chi connectivity index (χ3v) is 6.47. The van der Waals surface area contributed by atoms with Gasteiger partial charge in [-0.15, -0.1) is 0 Å². The quantitative estimate of drug-likeness (QED) is 0.491. The van der Waals surface area contributed by atoms with Gasteiger partial charge in [0.15, 0.2) is 5.78 Å². The molecule has 4 rings (SSSR count). The molecular weight excluding hydrogens is 414 g/mol. The molecule has 0 radical (unpaired) electrons. The number of ether oxygens (including phenoxy) is 2. The second-order valence-electron chi connectivity index (χ2n) is 9.46. The zero-order valence-electron chi connectivity index (χ0n) is 20.0. The summed E-state index contributed by atoms with van der Waals surface area (Å²) in [5.74, 6) is 0.976. The Morgan fingerprint density at radius 2 is 1.67 bits per heavy atom. The minimum Gasteiger partial charge on any atom is -0.496 e. The normalized spacial score (nSPS) is 16.9. The van der Waals surface area contributed by atoms with Crippen LogP contribution in [0.2, 0.25) is 0 Å². The molecule has 0 bridgehead atoms. The van der Waals surface area contributed by atoms with Crippen molar-refractivity contribution < 1.29 is 14.3 Å². The van der Waals surface area contributed by atoms with Crippen molar-refractivity contribution in [3.05, 3.63) is 59.3 Å². The number of carbonyl (C=O) groups is 1. The second kappa shape index (κ2) is 8.40. The summed E-state index contributed by atoms with van der Waals surface area (Å²) in [6, 6.07) is 16.0. The molecular formula is C27H29N3O3. The maximum Gasteiger partial charge on any atom is 0.167 e. The zero-order valence-corrected chi connectivity index (χ0v) is 20.0. The van der Waals surface area contributed by atoms with Crippen molar-refractivity contribution >= 4 is 5.78 Å². The number of carbonyl (C=O) groups excluding carboxylic acids is 1. The second-order valence-corrected chi connectivity index (χ2v) is 9.46. The number of ketones is 1. The van der Waals surface area contributed by atoms with E-state index in [4.69, 9.17) is 14.6 Å². The van der Waals surface area contributed by atoms with Crippen LogP contribution in [0, 0.1) is 16.7 Å². The number of hydrogen-bond donors (Lipinski definition) is 0. The number of nitrogens with zero attached hydrogens (tertiary/aromatic N) is 3. The van der Waals surface area contributed by atoms with Gasteiger partial charge in [-0.3, -0.25) is 4.79 Å². The number of Topliss-reactive ketones (excluding diaryl/α,β-unsaturated/α-hetero) is 1. The number of nitriles is 1. The van der Waals surface area contributed by atoms with Crippen molar-refractivity contribution in [1.29, 1.82) is 5.26 Å². The maximum atomic E-state index is 13.5. The Morgan fingerprint density at radius 3 is 2.18 bits per heavy atom. The van der Waals surface area contributed by atoms with Crippen LogP contribution in [0.1, 0.15) is 67.6 Å². The number of benzene rings is 2. The molecule has 6 heteroatoms. The maximum absolute atomic E-state index is 13.5. The monoisotopic (exact) mass is 443 g/mol. The minimum absolute atomic E-state index is 0.0329. The lowest BCUT2D eigenvalue weighted by Gasteiger charge is -2.34. The van der Waals surface area contributed by atoms with Crippen LogP contribution in [0.3, 0.4) is 0 Å². The first kappa shape index (κ1) is 22.6. The topological polar surface area (TPSA) is 77.1 Å². The van der Waals surface area contributed by atoms with Crippen molar-refractivity contribution in [2.24, 2.45) is 5.41 Å². The molecule has 0 saturated carbocycles. The lowest BCUT2D eigenvalue weighted by atomic mass is 9.68. The van der Waals surface area contributed by atoms with Crippen LogP contribution in [-0.2, 0) is 0 Å². The Bertz CT molecular complexity index is 1220. The highest BCUT2D eigenvalue weighted by atomic mass is 16.5. The van der Waals surface area contributed by atoms with E-state index in [0.29, 0.717) is 39.9 Å². The molecule has 0 spiro atoms. The number of fused-ring (bicyclic) bond motifs is 1. The van der Waals surface area contributed by atoms with Crippen molar-refractivity contribution in [2.45, 2.75) is 46.0 Å². The average Bonchev–Trinajstić information content (AvgIpc) is 3.18. The van der Waals surface area contributed by atoms with Gasteiger partial charge in [-0.2, -0.15) is 10.4 Å². The first-order valence-corrected chi connectivity index (χ1v) is 11.1. The zero-order chi connectivity index (χ0) is 23.9. The van der Waals surface area contributed by atoms with Crippen LogP contribution in [-0.4, -0.2) is 29.8 Å². The Hall–Kier alpha value is -3.59. The molecule has 3 aromatic rings. The van der Waals surface area contributed by atoms with Crippen LogP contribution < -0.4 is 9.47 Å². The van der Waals surface area contributed by atoms with Gasteiger partial charge in [0, 0.05) is 6.42 Å². The van der Waals surface area contributed by atoms with Gasteiger partial charge in [-0.1, -0.05) is 45.9 Å². The van der Waals surface area contributed by atoms with Gasteiger partial charge < -0.3 is 9.47 Å². The molecule has 0 fully saturated rings. The summed E-state index contributed by atoms with van der Waals surface area (Å²) in [4.78, 5) is 13.5. The van der Waals surface area contributed by atoms with Gasteiger partial charge in [0.2, 0.25) is 0 Å². The molecule has 2 aromatic carbocycles. The molecule has 33 heavy (non-hydrogen) atoms. The Balaban J connectivity index is 2.07.